The second kappa shape index (κ2) is 9.32. The van der Waals surface area contributed by atoms with Crippen molar-refractivity contribution in [2.45, 2.75) is 31.1 Å². The third-order valence-electron chi connectivity index (χ3n) is 5.48. The van der Waals surface area contributed by atoms with Crippen LogP contribution in [0.25, 0.3) is 0 Å². The summed E-state index contributed by atoms with van der Waals surface area (Å²) in [4.78, 5) is 26.9. The lowest BCUT2D eigenvalue weighted by Crippen LogP contribution is -2.48. The molecule has 0 saturated carbocycles. The van der Waals surface area contributed by atoms with Crippen molar-refractivity contribution in [3.8, 4) is 5.75 Å². The molecule has 0 saturated heterocycles. The number of benzene rings is 2. The molecule has 0 aliphatic carbocycles. The standard InChI is InChI=1S/C22H27BN2O5/c1-14(16-8-4-5-10-18(16)22(27)25(2)3)21(26)24-20(23(28)29)12-15-13-30-19-11-7-6-9-17(15)19/h4-11,14-15,20,28-29H,12-13H2,1-3H3,(H,24,26)/t14-,15?,20-/m0/s1. The van der Waals surface area contributed by atoms with Crippen LogP contribution in [0.5, 0.6) is 5.75 Å². The Morgan fingerprint density at radius 1 is 1.17 bits per heavy atom. The molecule has 2 aromatic carbocycles. The van der Waals surface area contributed by atoms with E-state index in [4.69, 9.17) is 4.74 Å². The molecule has 8 heteroatoms. The number of nitrogens with zero attached hydrogens (tertiary/aromatic N) is 1. The first-order valence-electron chi connectivity index (χ1n) is 9.98. The molecule has 1 unspecified atom stereocenters. The van der Waals surface area contributed by atoms with Crippen molar-refractivity contribution in [1.82, 2.24) is 10.2 Å². The molecule has 3 atom stereocenters. The highest BCUT2D eigenvalue weighted by Gasteiger charge is 2.34. The van der Waals surface area contributed by atoms with Crippen LogP contribution in [0.1, 0.15) is 46.7 Å². The van der Waals surface area contributed by atoms with Crippen LogP contribution in [-0.4, -0.2) is 60.5 Å². The number of nitrogens with one attached hydrogen (secondary N) is 1. The Morgan fingerprint density at radius 3 is 2.53 bits per heavy atom. The van der Waals surface area contributed by atoms with Gasteiger partial charge in [0.15, 0.2) is 0 Å². The van der Waals surface area contributed by atoms with Crippen molar-refractivity contribution in [2.75, 3.05) is 20.7 Å². The molecule has 0 spiro atoms. The summed E-state index contributed by atoms with van der Waals surface area (Å²) < 4.78 is 5.66. The number of amides is 2. The van der Waals surface area contributed by atoms with Crippen LogP contribution in [0.15, 0.2) is 48.5 Å². The molecule has 0 radical (unpaired) electrons. The molecule has 158 valence electrons. The topological polar surface area (TPSA) is 99.1 Å². The molecule has 3 N–H and O–H groups in total. The molecule has 0 fully saturated rings. The zero-order chi connectivity index (χ0) is 21.8. The van der Waals surface area contributed by atoms with E-state index in [0.29, 0.717) is 24.2 Å². The van der Waals surface area contributed by atoms with Gasteiger partial charge in [-0.25, -0.2) is 0 Å². The lowest BCUT2D eigenvalue weighted by molar-refractivity contribution is -0.122. The largest absolute Gasteiger partial charge is 0.493 e. The Morgan fingerprint density at radius 2 is 1.83 bits per heavy atom. The van der Waals surface area contributed by atoms with E-state index in [-0.39, 0.29) is 17.7 Å². The molecule has 1 heterocycles. The monoisotopic (exact) mass is 410 g/mol. The Kier molecular flexibility index (Phi) is 6.79. The molecule has 1 aliphatic rings. The second-order valence-corrected chi connectivity index (χ2v) is 7.82. The minimum Gasteiger partial charge on any atom is -0.493 e. The average Bonchev–Trinajstić information content (AvgIpc) is 3.14. The van der Waals surface area contributed by atoms with Gasteiger partial charge in [-0.05, 0) is 31.0 Å². The van der Waals surface area contributed by atoms with E-state index in [2.05, 4.69) is 5.32 Å². The summed E-state index contributed by atoms with van der Waals surface area (Å²) >= 11 is 0. The summed E-state index contributed by atoms with van der Waals surface area (Å²) in [5.41, 5.74) is 2.03. The lowest BCUT2D eigenvalue weighted by atomic mass is 9.73. The predicted molar refractivity (Wildman–Crippen MR) is 114 cm³/mol. The Labute approximate surface area is 176 Å². The fourth-order valence-corrected chi connectivity index (χ4v) is 3.75. The molecule has 3 rings (SSSR count). The van der Waals surface area contributed by atoms with E-state index >= 15 is 0 Å². The van der Waals surface area contributed by atoms with E-state index in [9.17, 15) is 19.6 Å². The van der Waals surface area contributed by atoms with Crippen LogP contribution in [0, 0.1) is 0 Å². The third kappa shape index (κ3) is 4.66. The van der Waals surface area contributed by atoms with Gasteiger partial charge in [0.1, 0.15) is 5.75 Å². The van der Waals surface area contributed by atoms with Gasteiger partial charge in [0, 0.05) is 31.1 Å². The van der Waals surface area contributed by atoms with Crippen molar-refractivity contribution in [2.24, 2.45) is 0 Å². The quantitative estimate of drug-likeness (QED) is 0.602. The van der Waals surface area contributed by atoms with Crippen LogP contribution in [-0.2, 0) is 4.79 Å². The van der Waals surface area contributed by atoms with Crippen molar-refractivity contribution >= 4 is 18.9 Å². The number of fused-ring (bicyclic) bond motifs is 1. The SMILES string of the molecule is C[C@H](C(=O)N[C@@H](CC1COc2ccccc21)B(O)O)c1ccccc1C(=O)N(C)C. The van der Waals surface area contributed by atoms with Gasteiger partial charge in [-0.3, -0.25) is 9.59 Å². The summed E-state index contributed by atoms with van der Waals surface area (Å²) in [5, 5.41) is 22.5. The smallest absolute Gasteiger partial charge is 0.475 e. The Bertz CT molecular complexity index is 918. The van der Waals surface area contributed by atoms with Crippen molar-refractivity contribution in [1.29, 1.82) is 0 Å². The number of hydrogen-bond donors (Lipinski definition) is 3. The van der Waals surface area contributed by atoms with Gasteiger partial charge in [0.2, 0.25) is 5.91 Å². The van der Waals surface area contributed by atoms with E-state index in [1.54, 1.807) is 45.3 Å². The van der Waals surface area contributed by atoms with Crippen molar-refractivity contribution in [3.05, 3.63) is 65.2 Å². The number of rotatable bonds is 7. The van der Waals surface area contributed by atoms with Gasteiger partial charge < -0.3 is 25.0 Å². The van der Waals surface area contributed by atoms with E-state index in [1.165, 1.54) is 4.90 Å². The van der Waals surface area contributed by atoms with Crippen LogP contribution >= 0.6 is 0 Å². The highest BCUT2D eigenvalue weighted by molar-refractivity contribution is 6.43. The van der Waals surface area contributed by atoms with Gasteiger partial charge >= 0.3 is 7.12 Å². The van der Waals surface area contributed by atoms with Gasteiger partial charge in [0.25, 0.3) is 5.91 Å². The zero-order valence-electron chi connectivity index (χ0n) is 17.4. The van der Waals surface area contributed by atoms with Crippen molar-refractivity contribution in [3.63, 3.8) is 0 Å². The Balaban J connectivity index is 1.74. The van der Waals surface area contributed by atoms with Crippen molar-refractivity contribution < 1.29 is 24.4 Å². The minimum absolute atomic E-state index is 0.0498. The lowest BCUT2D eigenvalue weighted by Gasteiger charge is -2.24. The second-order valence-electron chi connectivity index (χ2n) is 7.82. The van der Waals surface area contributed by atoms with E-state index in [0.717, 1.165) is 11.3 Å². The summed E-state index contributed by atoms with van der Waals surface area (Å²) in [5.74, 6) is -1.34. The summed E-state index contributed by atoms with van der Waals surface area (Å²) in [6, 6.07) is 14.6. The fourth-order valence-electron chi connectivity index (χ4n) is 3.75. The number of carbonyl (C=O) groups excluding carboxylic acids is 2. The maximum atomic E-state index is 12.9. The number of carbonyl (C=O) groups is 2. The first kappa shape index (κ1) is 21.9. The molecular weight excluding hydrogens is 383 g/mol. The number of ether oxygens (including phenoxy) is 1. The first-order chi connectivity index (χ1) is 14.3. The van der Waals surface area contributed by atoms with Gasteiger partial charge in [0.05, 0.1) is 18.5 Å². The molecule has 0 bridgehead atoms. The van der Waals surface area contributed by atoms with Crippen LogP contribution < -0.4 is 10.1 Å². The zero-order valence-corrected chi connectivity index (χ0v) is 17.4. The minimum atomic E-state index is -1.72. The normalized spacial score (nSPS) is 16.8. The maximum Gasteiger partial charge on any atom is 0.475 e. The van der Waals surface area contributed by atoms with Crippen LogP contribution in [0.2, 0.25) is 0 Å². The molecule has 1 aliphatic heterocycles. The third-order valence-corrected chi connectivity index (χ3v) is 5.48. The van der Waals surface area contributed by atoms with Gasteiger partial charge in [-0.2, -0.15) is 0 Å². The molecule has 0 aromatic heterocycles. The van der Waals surface area contributed by atoms with E-state index < -0.39 is 19.0 Å². The molecule has 7 nitrogen and oxygen atoms in total. The fraction of sp³-hybridized carbons (Fsp3) is 0.364. The first-order valence-corrected chi connectivity index (χ1v) is 9.98. The highest BCUT2D eigenvalue weighted by atomic mass is 16.5. The van der Waals surface area contributed by atoms with Crippen LogP contribution in [0.3, 0.4) is 0 Å². The summed E-state index contributed by atoms with van der Waals surface area (Å²) in [6.07, 6.45) is 0.325. The average molecular weight is 410 g/mol. The van der Waals surface area contributed by atoms with Gasteiger partial charge in [-0.1, -0.05) is 36.4 Å². The molecular formula is C22H27BN2O5. The molecule has 30 heavy (non-hydrogen) atoms. The summed E-state index contributed by atoms with van der Waals surface area (Å²) in [6.45, 7) is 2.13. The predicted octanol–water partition coefficient (Wildman–Crippen LogP) is 1.55. The maximum absolute atomic E-state index is 12.9. The van der Waals surface area contributed by atoms with Gasteiger partial charge in [-0.15, -0.1) is 0 Å². The van der Waals surface area contributed by atoms with Crippen LogP contribution in [0.4, 0.5) is 0 Å². The summed E-state index contributed by atoms with van der Waals surface area (Å²) in [7, 11) is 1.60. The highest BCUT2D eigenvalue weighted by Crippen LogP contribution is 2.36. The number of para-hydroxylation sites is 1. The number of hydrogen-bond acceptors (Lipinski definition) is 5. The molecule has 2 amide bonds. The Hall–Kier alpha value is -2.84. The molecule has 2 aromatic rings. The van der Waals surface area contributed by atoms with E-state index in [1.807, 2.05) is 24.3 Å².